The molecule has 0 aliphatic heterocycles. The van der Waals surface area contributed by atoms with Crippen LogP contribution in [-0.2, 0) is 16.6 Å². The van der Waals surface area contributed by atoms with Gasteiger partial charge in [0.05, 0.1) is 17.8 Å². The Labute approximate surface area is 149 Å². The zero-order valence-electron chi connectivity index (χ0n) is 13.1. The standard InChI is InChI=1S/C16H13Cl2N3O3/c1-9-13(15(18)21(4)20-9)14(23-10(2)22)16(19-3)24-12-7-5-11(17)6-8-12/h5-8H,1-2,4H3/b16-14-. The van der Waals surface area contributed by atoms with Gasteiger partial charge in [0, 0.05) is 19.0 Å². The first kappa shape index (κ1) is 17.9. The second kappa shape index (κ2) is 7.39. The summed E-state index contributed by atoms with van der Waals surface area (Å²) < 4.78 is 12.2. The summed E-state index contributed by atoms with van der Waals surface area (Å²) in [4.78, 5) is 14.8. The van der Waals surface area contributed by atoms with Crippen molar-refractivity contribution in [3.8, 4) is 5.75 Å². The van der Waals surface area contributed by atoms with Gasteiger partial charge in [0.15, 0.2) is 5.76 Å². The Morgan fingerprint density at radius 2 is 1.92 bits per heavy atom. The van der Waals surface area contributed by atoms with E-state index in [0.717, 1.165) is 0 Å². The first-order chi connectivity index (χ1) is 11.3. The highest BCUT2D eigenvalue weighted by molar-refractivity contribution is 6.31. The van der Waals surface area contributed by atoms with Crippen molar-refractivity contribution >= 4 is 34.9 Å². The van der Waals surface area contributed by atoms with Crippen LogP contribution < -0.4 is 4.74 Å². The zero-order chi connectivity index (χ0) is 17.9. The quantitative estimate of drug-likeness (QED) is 0.462. The third kappa shape index (κ3) is 3.88. The first-order valence-electron chi connectivity index (χ1n) is 6.76. The van der Waals surface area contributed by atoms with Crippen molar-refractivity contribution in [3.63, 3.8) is 0 Å². The number of hydrogen-bond acceptors (Lipinski definition) is 4. The average molecular weight is 366 g/mol. The summed E-state index contributed by atoms with van der Waals surface area (Å²) in [7, 11) is 1.64. The summed E-state index contributed by atoms with van der Waals surface area (Å²) in [6.07, 6.45) is 0. The third-order valence-electron chi connectivity index (χ3n) is 2.95. The Balaban J connectivity index is 2.57. The number of nitrogens with zero attached hydrogens (tertiary/aromatic N) is 3. The highest BCUT2D eigenvalue weighted by Crippen LogP contribution is 2.32. The van der Waals surface area contributed by atoms with Crippen molar-refractivity contribution < 1.29 is 14.3 Å². The van der Waals surface area contributed by atoms with Gasteiger partial charge in [-0.2, -0.15) is 9.94 Å². The fourth-order valence-electron chi connectivity index (χ4n) is 1.97. The smallest absolute Gasteiger partial charge is 0.389 e. The van der Waals surface area contributed by atoms with Gasteiger partial charge in [0.1, 0.15) is 10.9 Å². The van der Waals surface area contributed by atoms with Crippen LogP contribution in [0.2, 0.25) is 10.2 Å². The fraction of sp³-hybridized carbons (Fsp3) is 0.188. The molecule has 0 amide bonds. The lowest BCUT2D eigenvalue weighted by molar-refractivity contribution is -0.134. The molecule has 6 nitrogen and oxygen atoms in total. The minimum absolute atomic E-state index is 0.0805. The van der Waals surface area contributed by atoms with Crippen molar-refractivity contribution in [2.24, 2.45) is 7.05 Å². The molecule has 0 atom stereocenters. The molecule has 1 heterocycles. The number of esters is 1. The van der Waals surface area contributed by atoms with Crippen LogP contribution in [0.1, 0.15) is 18.2 Å². The van der Waals surface area contributed by atoms with E-state index in [1.807, 2.05) is 0 Å². The molecule has 0 fully saturated rings. The van der Waals surface area contributed by atoms with Crippen molar-refractivity contribution in [1.29, 1.82) is 0 Å². The number of aromatic nitrogens is 2. The SMILES string of the molecule is [C-]#[N+]/C(Oc1ccc(Cl)cc1)=C(/OC(C)=O)c1c(C)nn(C)c1Cl. The molecule has 0 aliphatic rings. The van der Waals surface area contributed by atoms with Gasteiger partial charge in [-0.15, -0.1) is 0 Å². The Hall–Kier alpha value is -2.49. The van der Waals surface area contributed by atoms with Crippen LogP contribution in [0.3, 0.4) is 0 Å². The van der Waals surface area contributed by atoms with E-state index in [2.05, 4.69) is 9.94 Å². The third-order valence-corrected chi connectivity index (χ3v) is 3.63. The fourth-order valence-corrected chi connectivity index (χ4v) is 2.35. The lowest BCUT2D eigenvalue weighted by Gasteiger charge is -2.11. The van der Waals surface area contributed by atoms with Crippen molar-refractivity contribution in [1.82, 2.24) is 9.78 Å². The maximum Gasteiger partial charge on any atom is 0.389 e. The minimum Gasteiger partial charge on any atom is -0.478 e. The van der Waals surface area contributed by atoms with E-state index in [-0.39, 0.29) is 16.8 Å². The molecule has 0 saturated heterocycles. The molecule has 0 unspecified atom stereocenters. The van der Waals surface area contributed by atoms with E-state index in [9.17, 15) is 4.79 Å². The van der Waals surface area contributed by atoms with Crippen LogP contribution in [0, 0.1) is 13.5 Å². The monoisotopic (exact) mass is 365 g/mol. The van der Waals surface area contributed by atoms with Gasteiger partial charge in [-0.1, -0.05) is 23.2 Å². The van der Waals surface area contributed by atoms with Gasteiger partial charge in [0.25, 0.3) is 0 Å². The van der Waals surface area contributed by atoms with Gasteiger partial charge in [-0.25, -0.2) is 0 Å². The van der Waals surface area contributed by atoms with E-state index < -0.39 is 5.97 Å². The Bertz CT molecular complexity index is 849. The molecule has 0 bridgehead atoms. The van der Waals surface area contributed by atoms with Crippen LogP contribution in [0.25, 0.3) is 10.6 Å². The molecule has 0 spiro atoms. The number of carbonyl (C=O) groups is 1. The lowest BCUT2D eigenvalue weighted by atomic mass is 10.2. The molecule has 0 N–H and O–H groups in total. The molecular formula is C16H13Cl2N3O3. The number of hydrogen-bond donors (Lipinski definition) is 0. The molecule has 2 rings (SSSR count). The largest absolute Gasteiger partial charge is 0.478 e. The maximum absolute atomic E-state index is 11.5. The Morgan fingerprint density at radius 3 is 2.38 bits per heavy atom. The van der Waals surface area contributed by atoms with Gasteiger partial charge < -0.3 is 9.47 Å². The van der Waals surface area contributed by atoms with Crippen LogP contribution >= 0.6 is 23.2 Å². The number of ether oxygens (including phenoxy) is 2. The first-order valence-corrected chi connectivity index (χ1v) is 7.52. The van der Waals surface area contributed by atoms with E-state index in [4.69, 9.17) is 39.2 Å². The van der Waals surface area contributed by atoms with Crippen molar-refractivity contribution in [3.05, 3.63) is 63.0 Å². The molecule has 0 radical (unpaired) electrons. The van der Waals surface area contributed by atoms with E-state index in [1.54, 1.807) is 38.2 Å². The highest BCUT2D eigenvalue weighted by Gasteiger charge is 2.24. The van der Waals surface area contributed by atoms with Crippen LogP contribution in [0.15, 0.2) is 30.1 Å². The number of rotatable bonds is 4. The van der Waals surface area contributed by atoms with Gasteiger partial charge in [0.2, 0.25) is 0 Å². The van der Waals surface area contributed by atoms with Crippen molar-refractivity contribution in [2.75, 3.05) is 0 Å². The topological polar surface area (TPSA) is 57.7 Å². The number of halogens is 2. The summed E-state index contributed by atoms with van der Waals surface area (Å²) >= 11 is 12.0. The van der Waals surface area contributed by atoms with Gasteiger partial charge in [-0.3, -0.25) is 9.48 Å². The van der Waals surface area contributed by atoms with E-state index >= 15 is 0 Å². The predicted molar refractivity (Wildman–Crippen MR) is 90.3 cm³/mol. The van der Waals surface area contributed by atoms with Crippen LogP contribution in [-0.4, -0.2) is 15.7 Å². The second-order valence-electron chi connectivity index (χ2n) is 4.77. The summed E-state index contributed by atoms with van der Waals surface area (Å²) in [5, 5.41) is 4.91. The van der Waals surface area contributed by atoms with E-state index in [1.165, 1.54) is 11.6 Å². The number of aryl methyl sites for hydroxylation is 2. The van der Waals surface area contributed by atoms with Crippen molar-refractivity contribution in [2.45, 2.75) is 13.8 Å². The molecule has 1 aromatic heterocycles. The summed E-state index contributed by atoms with van der Waals surface area (Å²) in [5.74, 6) is -0.550. The Kier molecular flexibility index (Phi) is 5.50. The Morgan fingerprint density at radius 1 is 1.29 bits per heavy atom. The summed E-state index contributed by atoms with van der Waals surface area (Å²) in [6.45, 7) is 10.3. The molecule has 124 valence electrons. The minimum atomic E-state index is -0.606. The van der Waals surface area contributed by atoms with E-state index in [0.29, 0.717) is 22.0 Å². The summed E-state index contributed by atoms with van der Waals surface area (Å²) in [5.41, 5.74) is 0.828. The molecule has 0 saturated carbocycles. The second-order valence-corrected chi connectivity index (χ2v) is 5.56. The zero-order valence-corrected chi connectivity index (χ0v) is 14.6. The van der Waals surface area contributed by atoms with Gasteiger partial charge >= 0.3 is 11.9 Å². The maximum atomic E-state index is 11.5. The molecular weight excluding hydrogens is 353 g/mol. The number of carbonyl (C=O) groups excluding carboxylic acids is 1. The predicted octanol–water partition coefficient (Wildman–Crippen LogP) is 4.22. The van der Waals surface area contributed by atoms with Crippen LogP contribution in [0.5, 0.6) is 5.75 Å². The molecule has 1 aromatic carbocycles. The van der Waals surface area contributed by atoms with Crippen LogP contribution in [0.4, 0.5) is 0 Å². The average Bonchev–Trinajstić information content (AvgIpc) is 2.77. The highest BCUT2D eigenvalue weighted by atomic mass is 35.5. The molecule has 24 heavy (non-hydrogen) atoms. The molecule has 2 aromatic rings. The van der Waals surface area contributed by atoms with Gasteiger partial charge in [-0.05, 0) is 31.2 Å². The molecule has 8 heteroatoms. The lowest BCUT2D eigenvalue weighted by Crippen LogP contribution is -2.05. The summed E-state index contributed by atoms with van der Waals surface area (Å²) in [6, 6.07) is 6.42. The molecule has 0 aliphatic carbocycles. The number of benzene rings is 1. The normalized spacial score (nSPS) is 11.5.